The molecule has 0 spiro atoms. The van der Waals surface area contributed by atoms with Gasteiger partial charge >= 0.3 is 0 Å². The van der Waals surface area contributed by atoms with Crippen molar-refractivity contribution in [1.29, 1.82) is 0 Å². The third kappa shape index (κ3) is 8.41. The van der Waals surface area contributed by atoms with Gasteiger partial charge in [-0.2, -0.15) is 0 Å². The van der Waals surface area contributed by atoms with Crippen molar-refractivity contribution < 1.29 is 14.2 Å². The average Bonchev–Trinajstić information content (AvgIpc) is 3.80. The van der Waals surface area contributed by atoms with Crippen molar-refractivity contribution >= 4 is 21.5 Å². The van der Waals surface area contributed by atoms with Gasteiger partial charge in [0.15, 0.2) is 0 Å². The minimum Gasteiger partial charge on any atom is -0.493 e. The molecule has 3 nitrogen and oxygen atoms in total. The van der Waals surface area contributed by atoms with Gasteiger partial charge in [-0.15, -0.1) is 0 Å². The summed E-state index contributed by atoms with van der Waals surface area (Å²) in [6, 6.07) is 46.0. The number of fused-ring (bicyclic) bond motifs is 4. The fourth-order valence-corrected chi connectivity index (χ4v) is 8.96. The zero-order chi connectivity index (χ0) is 36.3. The summed E-state index contributed by atoms with van der Waals surface area (Å²) in [4.78, 5) is 0. The van der Waals surface area contributed by atoms with Gasteiger partial charge in [-0.1, -0.05) is 94.4 Å². The highest BCUT2D eigenvalue weighted by Crippen LogP contribution is 2.46. The van der Waals surface area contributed by atoms with Gasteiger partial charge in [0.05, 0.1) is 6.61 Å². The van der Waals surface area contributed by atoms with E-state index in [0.29, 0.717) is 29.8 Å². The fourth-order valence-electron chi connectivity index (χ4n) is 8.96. The lowest BCUT2D eigenvalue weighted by Gasteiger charge is -2.26. The fraction of sp³-hybridized carbons (Fsp3) is 0.360. The Morgan fingerprint density at radius 1 is 0.528 bits per heavy atom. The summed E-state index contributed by atoms with van der Waals surface area (Å²) in [5, 5.41) is 4.91. The summed E-state index contributed by atoms with van der Waals surface area (Å²) < 4.78 is 18.9. The van der Waals surface area contributed by atoms with Crippen LogP contribution in [0.3, 0.4) is 0 Å². The lowest BCUT2D eigenvalue weighted by Crippen LogP contribution is -2.23. The van der Waals surface area contributed by atoms with Crippen LogP contribution in [0.2, 0.25) is 0 Å². The zero-order valence-electron chi connectivity index (χ0n) is 31.8. The molecule has 0 amide bonds. The molecule has 0 aromatic heterocycles. The minimum absolute atomic E-state index is 0.381. The van der Waals surface area contributed by atoms with Crippen LogP contribution >= 0.6 is 0 Å². The molecule has 0 radical (unpaired) electrons. The highest BCUT2D eigenvalue weighted by Gasteiger charge is 2.41. The first-order valence-electron chi connectivity index (χ1n) is 20.0. The van der Waals surface area contributed by atoms with E-state index >= 15 is 0 Å². The number of ether oxygens (including phenoxy) is 3. The molecule has 2 aliphatic carbocycles. The highest BCUT2D eigenvalue weighted by molar-refractivity contribution is 5.98. The van der Waals surface area contributed by atoms with Gasteiger partial charge < -0.3 is 14.2 Å². The van der Waals surface area contributed by atoms with Crippen molar-refractivity contribution in [2.75, 3.05) is 6.61 Å². The Balaban J connectivity index is 0.962. The first-order chi connectivity index (χ1) is 25.8. The summed E-state index contributed by atoms with van der Waals surface area (Å²) in [6.45, 7) is 9.85. The van der Waals surface area contributed by atoms with Crippen LogP contribution in [0.1, 0.15) is 101 Å². The second-order valence-electron chi connectivity index (χ2n) is 16.5. The molecule has 3 heteroatoms. The van der Waals surface area contributed by atoms with Gasteiger partial charge in [-0.05, 0) is 173 Å². The number of rotatable bonds is 14. The smallest absolute Gasteiger partial charge is 0.128 e. The monoisotopic (exact) mass is 702 g/mol. The first kappa shape index (κ1) is 35.3. The molecule has 53 heavy (non-hydrogen) atoms. The number of hydrogen-bond acceptors (Lipinski definition) is 3. The van der Waals surface area contributed by atoms with Gasteiger partial charge in [-0.3, -0.25) is 0 Å². The molecule has 6 atom stereocenters. The Kier molecular flexibility index (Phi) is 10.4. The van der Waals surface area contributed by atoms with Gasteiger partial charge in [0, 0.05) is 0 Å². The van der Waals surface area contributed by atoms with Crippen molar-refractivity contribution in [1.82, 2.24) is 0 Å². The van der Waals surface area contributed by atoms with Crippen LogP contribution in [-0.2, 0) is 0 Å². The Bertz CT molecular complexity index is 2110. The maximum absolute atomic E-state index is 6.56. The molecular weight excluding hydrogens is 649 g/mol. The quantitative estimate of drug-likeness (QED) is 0.106. The van der Waals surface area contributed by atoms with Crippen molar-refractivity contribution in [3.63, 3.8) is 0 Å². The summed E-state index contributed by atoms with van der Waals surface area (Å²) in [5.41, 5.74) is 4.09. The Morgan fingerprint density at radius 3 is 1.70 bits per heavy atom. The third-order valence-corrected chi connectivity index (χ3v) is 12.0. The van der Waals surface area contributed by atoms with Crippen LogP contribution in [0.15, 0.2) is 127 Å². The van der Waals surface area contributed by atoms with Gasteiger partial charge in [0.1, 0.15) is 29.1 Å². The molecule has 2 fully saturated rings. The highest BCUT2D eigenvalue weighted by atomic mass is 16.5. The van der Waals surface area contributed by atoms with Crippen LogP contribution in [-0.4, -0.2) is 12.7 Å². The van der Waals surface area contributed by atoms with Crippen LogP contribution in [0, 0.1) is 17.8 Å². The normalized spacial score (nSPS) is 19.8. The van der Waals surface area contributed by atoms with Gasteiger partial charge in [-0.25, -0.2) is 0 Å². The summed E-state index contributed by atoms with van der Waals surface area (Å²) >= 11 is 0. The number of benzene rings is 6. The second kappa shape index (κ2) is 15.7. The van der Waals surface area contributed by atoms with E-state index in [1.165, 1.54) is 63.9 Å². The number of hydrogen-bond donors (Lipinski definition) is 0. The van der Waals surface area contributed by atoms with E-state index in [1.807, 2.05) is 0 Å². The van der Waals surface area contributed by atoms with E-state index in [9.17, 15) is 0 Å². The predicted octanol–water partition coefficient (Wildman–Crippen LogP) is 13.9. The van der Waals surface area contributed by atoms with E-state index in [-0.39, 0.29) is 0 Å². The Labute approximate surface area is 316 Å². The molecule has 272 valence electrons. The lowest BCUT2D eigenvalue weighted by atomic mass is 9.79. The van der Waals surface area contributed by atoms with Crippen LogP contribution in [0.4, 0.5) is 0 Å². The molecule has 8 rings (SSSR count). The van der Waals surface area contributed by atoms with Crippen molar-refractivity contribution in [2.45, 2.75) is 90.1 Å². The molecule has 0 N–H and O–H groups in total. The predicted molar refractivity (Wildman–Crippen MR) is 220 cm³/mol. The van der Waals surface area contributed by atoms with E-state index in [0.717, 1.165) is 54.3 Å². The maximum Gasteiger partial charge on any atom is 0.128 e. The van der Waals surface area contributed by atoms with Crippen molar-refractivity contribution in [2.24, 2.45) is 17.8 Å². The lowest BCUT2D eigenvalue weighted by molar-refractivity contribution is 0.138. The maximum atomic E-state index is 6.56. The largest absolute Gasteiger partial charge is 0.493 e. The molecule has 6 aromatic carbocycles. The van der Waals surface area contributed by atoms with Crippen LogP contribution in [0.5, 0.6) is 23.0 Å². The summed E-state index contributed by atoms with van der Waals surface area (Å²) in [7, 11) is 0. The van der Waals surface area contributed by atoms with E-state index in [2.05, 4.69) is 155 Å². The minimum atomic E-state index is 0.381. The van der Waals surface area contributed by atoms with Crippen LogP contribution < -0.4 is 14.2 Å². The molecule has 2 bridgehead atoms. The Hall–Kier alpha value is -4.76. The molecule has 6 aromatic rings. The molecule has 0 heterocycles. The van der Waals surface area contributed by atoms with Crippen molar-refractivity contribution in [3.8, 4) is 23.0 Å². The standard InChI is InChI=1S/C50H54O3/c1-33(2)32-51-46-18-11-37(12-19-46)34(3)25-44(39-15-22-48(23-16-39)53-50-28-36-9-10-43(50)27-36)26-35(4)38-13-20-47(21-14-38)52-49-24-17-42-29-40-7-5-6-8-41(40)30-45(42)31-49/h5-8,11-24,29-31,33-36,43-44,50H,9-10,25-28,32H2,1-4H3. The average molecular weight is 703 g/mol. The van der Waals surface area contributed by atoms with E-state index in [1.54, 1.807) is 0 Å². The van der Waals surface area contributed by atoms with Gasteiger partial charge in [0.25, 0.3) is 0 Å². The van der Waals surface area contributed by atoms with E-state index in [4.69, 9.17) is 14.2 Å². The first-order valence-corrected chi connectivity index (χ1v) is 20.0. The second-order valence-corrected chi connectivity index (χ2v) is 16.5. The van der Waals surface area contributed by atoms with E-state index < -0.39 is 0 Å². The Morgan fingerprint density at radius 2 is 1.09 bits per heavy atom. The van der Waals surface area contributed by atoms with Crippen molar-refractivity contribution in [3.05, 3.63) is 144 Å². The summed E-state index contributed by atoms with van der Waals surface area (Å²) in [6.07, 6.45) is 7.86. The molecule has 6 unspecified atom stereocenters. The molecular formula is C50H54O3. The van der Waals surface area contributed by atoms with Crippen LogP contribution in [0.25, 0.3) is 21.5 Å². The summed E-state index contributed by atoms with van der Waals surface area (Å²) in [5.74, 6) is 7.03. The molecule has 2 aliphatic rings. The zero-order valence-corrected chi connectivity index (χ0v) is 31.8. The van der Waals surface area contributed by atoms with Gasteiger partial charge in [0.2, 0.25) is 0 Å². The molecule has 0 aliphatic heterocycles. The molecule has 2 saturated carbocycles. The topological polar surface area (TPSA) is 27.7 Å². The SMILES string of the molecule is CC(C)COc1ccc(C(C)CC(CC(C)c2ccc(Oc3ccc4cc5ccccc5cc4c3)cc2)c2ccc(OC3CC4CCC3C4)cc2)cc1. The molecule has 0 saturated heterocycles. The third-order valence-electron chi connectivity index (χ3n) is 12.0.